The number of amides is 1. The summed E-state index contributed by atoms with van der Waals surface area (Å²) in [6.45, 7) is 4.26. The van der Waals surface area contributed by atoms with E-state index < -0.39 is 9.84 Å². The van der Waals surface area contributed by atoms with E-state index in [9.17, 15) is 13.2 Å². The number of carbonyl (C=O) groups is 1. The van der Waals surface area contributed by atoms with Crippen LogP contribution in [0.5, 0.6) is 0 Å². The van der Waals surface area contributed by atoms with Crippen LogP contribution in [0.4, 0.5) is 5.13 Å². The van der Waals surface area contributed by atoms with E-state index in [0.29, 0.717) is 10.8 Å². The molecule has 0 bridgehead atoms. The molecule has 0 aliphatic heterocycles. The number of carbonyl (C=O) groups excluding carboxylic acids is 1. The molecule has 2 aromatic carbocycles. The van der Waals surface area contributed by atoms with Gasteiger partial charge in [0.05, 0.1) is 33.1 Å². The van der Waals surface area contributed by atoms with Gasteiger partial charge in [0.25, 0.3) is 0 Å². The van der Waals surface area contributed by atoms with E-state index in [1.807, 2.05) is 44.2 Å². The Morgan fingerprint density at radius 2 is 1.75 bits per heavy atom. The van der Waals surface area contributed by atoms with Crippen LogP contribution in [0.2, 0.25) is 0 Å². The molecule has 0 radical (unpaired) electrons. The monoisotopic (exact) mass is 465 g/mol. The van der Waals surface area contributed by atoms with Crippen molar-refractivity contribution in [1.29, 1.82) is 0 Å². The molecule has 8 heteroatoms. The largest absolute Gasteiger partial charge is 0.282 e. The first-order chi connectivity index (χ1) is 15.3. The highest BCUT2D eigenvalue weighted by atomic mass is 32.2. The van der Waals surface area contributed by atoms with E-state index in [4.69, 9.17) is 4.98 Å². The van der Waals surface area contributed by atoms with Gasteiger partial charge in [-0.05, 0) is 55.3 Å². The van der Waals surface area contributed by atoms with Crippen molar-refractivity contribution in [3.63, 3.8) is 0 Å². The highest BCUT2D eigenvalue weighted by molar-refractivity contribution is 7.91. The highest BCUT2D eigenvalue weighted by Crippen LogP contribution is 2.33. The van der Waals surface area contributed by atoms with Crippen LogP contribution in [-0.4, -0.2) is 30.0 Å². The average Bonchev–Trinajstić information content (AvgIpc) is 3.24. The molecule has 0 saturated heterocycles. The summed E-state index contributed by atoms with van der Waals surface area (Å²) in [5.41, 5.74) is 3.77. The fourth-order valence-electron chi connectivity index (χ4n) is 3.35. The Hall–Kier alpha value is -3.10. The van der Waals surface area contributed by atoms with Crippen molar-refractivity contribution >= 4 is 42.4 Å². The molecule has 0 saturated carbocycles. The lowest BCUT2D eigenvalue weighted by Crippen LogP contribution is -2.32. The Morgan fingerprint density at radius 3 is 2.47 bits per heavy atom. The Bertz CT molecular complexity index is 1350. The molecule has 2 heterocycles. The quantitative estimate of drug-likeness (QED) is 0.395. The van der Waals surface area contributed by atoms with Gasteiger partial charge < -0.3 is 0 Å². The molecule has 2 aromatic heterocycles. The van der Waals surface area contributed by atoms with Crippen molar-refractivity contribution in [2.75, 3.05) is 10.7 Å². The summed E-state index contributed by atoms with van der Waals surface area (Å²) in [6, 6.07) is 17.7. The number of rotatable bonds is 7. The first-order valence-electron chi connectivity index (χ1n) is 10.2. The van der Waals surface area contributed by atoms with Crippen LogP contribution in [0, 0.1) is 13.8 Å². The van der Waals surface area contributed by atoms with E-state index in [1.165, 1.54) is 11.3 Å². The lowest BCUT2D eigenvalue weighted by molar-refractivity contribution is -0.118. The van der Waals surface area contributed by atoms with Crippen molar-refractivity contribution in [3.8, 4) is 0 Å². The maximum absolute atomic E-state index is 13.3. The molecule has 4 aromatic rings. The molecule has 0 fully saturated rings. The molecule has 164 valence electrons. The predicted octanol–water partition coefficient (Wildman–Crippen LogP) is 4.71. The molecule has 6 nitrogen and oxygen atoms in total. The zero-order chi connectivity index (χ0) is 22.7. The normalized spacial score (nSPS) is 11.6. The fraction of sp³-hybridized carbons (Fsp3) is 0.208. The van der Waals surface area contributed by atoms with E-state index in [-0.39, 0.29) is 29.5 Å². The molecule has 0 aliphatic rings. The van der Waals surface area contributed by atoms with Gasteiger partial charge in [-0.3, -0.25) is 14.7 Å². The second-order valence-electron chi connectivity index (χ2n) is 7.53. The molecule has 0 atom stereocenters. The van der Waals surface area contributed by atoms with E-state index in [0.717, 1.165) is 21.3 Å². The third kappa shape index (κ3) is 4.71. The Kier molecular flexibility index (Phi) is 6.34. The molecule has 4 rings (SSSR count). The molecule has 0 aliphatic carbocycles. The Morgan fingerprint density at radius 1 is 1.00 bits per heavy atom. The number of fused-ring (bicyclic) bond motifs is 1. The summed E-state index contributed by atoms with van der Waals surface area (Å²) < 4.78 is 26.3. The summed E-state index contributed by atoms with van der Waals surface area (Å²) >= 11 is 1.42. The molecular weight excluding hydrogens is 442 g/mol. The number of benzene rings is 2. The summed E-state index contributed by atoms with van der Waals surface area (Å²) in [7, 11) is -3.56. The summed E-state index contributed by atoms with van der Waals surface area (Å²) in [4.78, 5) is 24.1. The van der Waals surface area contributed by atoms with Gasteiger partial charge in [0, 0.05) is 12.6 Å². The second-order valence-corrected chi connectivity index (χ2v) is 10.7. The van der Waals surface area contributed by atoms with Crippen LogP contribution in [0.1, 0.15) is 23.2 Å². The maximum Gasteiger partial charge on any atom is 0.230 e. The van der Waals surface area contributed by atoms with E-state index in [1.54, 1.807) is 41.4 Å². The number of pyridine rings is 1. The Labute approximate surface area is 191 Å². The van der Waals surface area contributed by atoms with Crippen molar-refractivity contribution in [2.45, 2.75) is 31.7 Å². The van der Waals surface area contributed by atoms with Crippen LogP contribution >= 0.6 is 11.3 Å². The third-order valence-corrected chi connectivity index (χ3v) is 8.11. The number of sulfone groups is 1. The van der Waals surface area contributed by atoms with Crippen molar-refractivity contribution in [3.05, 3.63) is 83.7 Å². The van der Waals surface area contributed by atoms with Crippen molar-refractivity contribution < 1.29 is 13.2 Å². The zero-order valence-electron chi connectivity index (χ0n) is 17.9. The first-order valence-corrected chi connectivity index (χ1v) is 12.7. The molecule has 0 spiro atoms. The fourth-order valence-corrected chi connectivity index (χ4v) is 5.64. The van der Waals surface area contributed by atoms with Crippen LogP contribution in [0.15, 0.2) is 71.8 Å². The van der Waals surface area contributed by atoms with Gasteiger partial charge in [-0.15, -0.1) is 0 Å². The molecular formula is C24H23N3O3S2. The molecule has 1 amide bonds. The van der Waals surface area contributed by atoms with Gasteiger partial charge in [-0.2, -0.15) is 0 Å². The SMILES string of the molecule is Cc1ccc2sc(N(Cc3ccccn3)C(=O)CCS(=O)(=O)c3ccccc3)nc2c1C. The number of thiazole rings is 1. The number of anilines is 1. The van der Waals surface area contributed by atoms with Crippen LogP contribution in [0.25, 0.3) is 10.2 Å². The number of aryl methyl sites for hydroxylation is 2. The van der Waals surface area contributed by atoms with Crippen molar-refractivity contribution in [2.24, 2.45) is 0 Å². The van der Waals surface area contributed by atoms with E-state index in [2.05, 4.69) is 4.98 Å². The summed E-state index contributed by atoms with van der Waals surface area (Å²) in [5.74, 6) is -0.569. The van der Waals surface area contributed by atoms with Crippen molar-refractivity contribution in [1.82, 2.24) is 9.97 Å². The topological polar surface area (TPSA) is 80.2 Å². The molecule has 32 heavy (non-hydrogen) atoms. The second kappa shape index (κ2) is 9.18. The minimum atomic E-state index is -3.56. The van der Waals surface area contributed by atoms with Gasteiger partial charge in [-0.25, -0.2) is 13.4 Å². The standard InChI is InChI=1S/C24H23N3O3S2/c1-17-11-12-21-23(18(17)2)26-24(31-21)27(16-19-8-6-7-14-25-19)22(28)13-15-32(29,30)20-9-4-3-5-10-20/h3-12,14H,13,15-16H2,1-2H3. The minimum absolute atomic E-state index is 0.141. The Balaban J connectivity index is 1.64. The molecule has 0 N–H and O–H groups in total. The van der Waals surface area contributed by atoms with Gasteiger partial charge in [-0.1, -0.05) is 41.7 Å². The number of hydrogen-bond donors (Lipinski definition) is 0. The summed E-state index contributed by atoms with van der Waals surface area (Å²) in [5, 5.41) is 0.543. The maximum atomic E-state index is 13.3. The highest BCUT2D eigenvalue weighted by Gasteiger charge is 2.24. The van der Waals surface area contributed by atoms with Crippen LogP contribution in [-0.2, 0) is 21.2 Å². The molecule has 0 unspecified atom stereocenters. The lowest BCUT2D eigenvalue weighted by atomic mass is 10.1. The number of aromatic nitrogens is 2. The summed E-state index contributed by atoms with van der Waals surface area (Å²) in [6.07, 6.45) is 1.53. The number of nitrogens with zero attached hydrogens (tertiary/aromatic N) is 3. The van der Waals surface area contributed by atoms with Gasteiger partial charge in [0.1, 0.15) is 0 Å². The first kappa shape index (κ1) is 22.1. The zero-order valence-corrected chi connectivity index (χ0v) is 19.5. The minimum Gasteiger partial charge on any atom is -0.282 e. The predicted molar refractivity (Wildman–Crippen MR) is 128 cm³/mol. The third-order valence-electron chi connectivity index (χ3n) is 5.34. The van der Waals surface area contributed by atoms with E-state index >= 15 is 0 Å². The smallest absolute Gasteiger partial charge is 0.230 e. The average molecular weight is 466 g/mol. The van der Waals surface area contributed by atoms with Gasteiger partial charge in [0.15, 0.2) is 15.0 Å². The van der Waals surface area contributed by atoms with Gasteiger partial charge in [0.2, 0.25) is 5.91 Å². The van der Waals surface area contributed by atoms with Gasteiger partial charge >= 0.3 is 0 Å². The lowest BCUT2D eigenvalue weighted by Gasteiger charge is -2.19. The number of hydrogen-bond acceptors (Lipinski definition) is 6. The van der Waals surface area contributed by atoms with Crippen LogP contribution in [0.3, 0.4) is 0 Å². The van der Waals surface area contributed by atoms with Crippen LogP contribution < -0.4 is 4.90 Å².